The number of aromatic nitrogens is 2. The Morgan fingerprint density at radius 1 is 0.870 bits per heavy atom. The summed E-state index contributed by atoms with van der Waals surface area (Å²) in [4.78, 5) is 9.03. The molecule has 1 aliphatic carbocycles. The Bertz CT molecular complexity index is 876. The van der Waals surface area contributed by atoms with E-state index >= 15 is 0 Å². The van der Waals surface area contributed by atoms with Gasteiger partial charge in [-0.1, -0.05) is 30.3 Å². The van der Waals surface area contributed by atoms with Gasteiger partial charge in [-0.15, -0.1) is 0 Å². The fraction of sp³-hybridized carbons (Fsp3) is 0.158. The molecule has 3 aromatic rings. The van der Waals surface area contributed by atoms with Crippen molar-refractivity contribution < 1.29 is 9.47 Å². The summed E-state index contributed by atoms with van der Waals surface area (Å²) in [6.45, 7) is 0. The Hall–Kier alpha value is -2.88. The van der Waals surface area contributed by atoms with Crippen LogP contribution in [-0.2, 0) is 6.42 Å². The van der Waals surface area contributed by atoms with Crippen LogP contribution >= 0.6 is 0 Å². The summed E-state index contributed by atoms with van der Waals surface area (Å²) >= 11 is 0. The predicted molar refractivity (Wildman–Crippen MR) is 88.8 cm³/mol. The monoisotopic (exact) mass is 304 g/mol. The van der Waals surface area contributed by atoms with Gasteiger partial charge in [0.15, 0.2) is 11.5 Å². The maximum atomic E-state index is 5.42. The van der Waals surface area contributed by atoms with Crippen LogP contribution in [-0.4, -0.2) is 24.2 Å². The third-order valence-electron chi connectivity index (χ3n) is 4.22. The minimum absolute atomic E-state index is 0.721. The zero-order chi connectivity index (χ0) is 15.8. The molecular weight excluding hydrogens is 288 g/mol. The van der Waals surface area contributed by atoms with E-state index in [0.717, 1.165) is 46.0 Å². The first-order chi connectivity index (χ1) is 11.3. The quantitative estimate of drug-likeness (QED) is 0.578. The average Bonchev–Trinajstić information content (AvgIpc) is 2.98. The molecule has 1 aliphatic rings. The third kappa shape index (κ3) is 2.14. The smallest absolute Gasteiger partial charge is 0.161 e. The van der Waals surface area contributed by atoms with Gasteiger partial charge in [0.2, 0.25) is 0 Å². The van der Waals surface area contributed by atoms with Crippen molar-refractivity contribution >= 4 is 0 Å². The molecule has 0 spiro atoms. The molecule has 23 heavy (non-hydrogen) atoms. The molecule has 4 nitrogen and oxygen atoms in total. The van der Waals surface area contributed by atoms with Gasteiger partial charge in [-0.25, -0.2) is 9.97 Å². The van der Waals surface area contributed by atoms with Gasteiger partial charge < -0.3 is 9.47 Å². The van der Waals surface area contributed by atoms with Gasteiger partial charge in [0.25, 0.3) is 0 Å². The lowest BCUT2D eigenvalue weighted by Crippen LogP contribution is -1.94. The number of nitrogens with zero attached hydrogens (tertiary/aromatic N) is 2. The van der Waals surface area contributed by atoms with Gasteiger partial charge in [0.05, 0.1) is 25.6 Å². The lowest BCUT2D eigenvalue weighted by molar-refractivity contribution is 0.355. The molecule has 0 atom stereocenters. The summed E-state index contributed by atoms with van der Waals surface area (Å²) < 4.78 is 10.8. The second kappa shape index (κ2) is 5.39. The summed E-state index contributed by atoms with van der Waals surface area (Å²) in [5.74, 6) is 1.47. The van der Waals surface area contributed by atoms with Gasteiger partial charge in [0.1, 0.15) is 6.33 Å². The molecule has 114 valence electrons. The molecule has 0 N–H and O–H groups in total. The van der Waals surface area contributed by atoms with Crippen LogP contribution in [0.4, 0.5) is 0 Å². The third-order valence-corrected chi connectivity index (χ3v) is 4.22. The molecule has 0 saturated heterocycles. The van der Waals surface area contributed by atoms with Crippen LogP contribution in [0.5, 0.6) is 11.5 Å². The molecule has 0 radical (unpaired) electrons. The molecule has 0 unspecified atom stereocenters. The highest BCUT2D eigenvalue weighted by atomic mass is 16.5. The van der Waals surface area contributed by atoms with Crippen LogP contribution < -0.4 is 9.47 Å². The number of methoxy groups -OCH3 is 2. The fourth-order valence-electron chi connectivity index (χ4n) is 3.13. The molecule has 4 heteroatoms. The highest BCUT2D eigenvalue weighted by molar-refractivity contribution is 5.82. The molecule has 0 fully saturated rings. The minimum atomic E-state index is 0.721. The van der Waals surface area contributed by atoms with Crippen molar-refractivity contribution in [3.8, 4) is 34.0 Å². The van der Waals surface area contributed by atoms with Crippen molar-refractivity contribution in [2.24, 2.45) is 0 Å². The standard InChI is InChI=1S/C19H16N2O2/c1-22-16-9-13-8-15-18(12-6-4-3-5-7-12)20-11-21-19(15)14(13)10-17(16)23-2/h3-7,9-11H,8H2,1-2H3. The summed E-state index contributed by atoms with van der Waals surface area (Å²) in [6.07, 6.45) is 2.43. The van der Waals surface area contributed by atoms with Crippen LogP contribution in [0.25, 0.3) is 22.5 Å². The highest BCUT2D eigenvalue weighted by Gasteiger charge is 2.26. The Morgan fingerprint density at radius 3 is 2.30 bits per heavy atom. The Kier molecular flexibility index (Phi) is 3.23. The lowest BCUT2D eigenvalue weighted by atomic mass is 10.0. The SMILES string of the molecule is COc1cc2c(cc1OC)-c1ncnc(-c3ccccc3)c1C2. The molecule has 0 saturated carbocycles. The normalized spacial score (nSPS) is 11.7. The Morgan fingerprint density at radius 2 is 1.57 bits per heavy atom. The summed E-state index contributed by atoms with van der Waals surface area (Å²) in [7, 11) is 3.30. The fourth-order valence-corrected chi connectivity index (χ4v) is 3.13. The molecule has 0 aliphatic heterocycles. The van der Waals surface area contributed by atoms with Crippen molar-refractivity contribution in [1.29, 1.82) is 0 Å². The number of benzene rings is 2. The minimum Gasteiger partial charge on any atom is -0.493 e. The first kappa shape index (κ1) is 13.8. The first-order valence-electron chi connectivity index (χ1n) is 7.46. The molecule has 2 aromatic carbocycles. The molecule has 1 heterocycles. The van der Waals surface area contributed by atoms with Crippen molar-refractivity contribution in [3.63, 3.8) is 0 Å². The number of rotatable bonds is 3. The summed E-state index contributed by atoms with van der Waals surface area (Å²) in [5.41, 5.74) is 6.52. The van der Waals surface area contributed by atoms with Crippen LogP contribution in [0.1, 0.15) is 11.1 Å². The molecule has 0 amide bonds. The summed E-state index contributed by atoms with van der Waals surface area (Å²) in [6, 6.07) is 14.2. The van der Waals surface area contributed by atoms with E-state index in [0.29, 0.717) is 0 Å². The average molecular weight is 304 g/mol. The largest absolute Gasteiger partial charge is 0.493 e. The van der Waals surface area contributed by atoms with Gasteiger partial charge in [-0.05, 0) is 17.7 Å². The zero-order valence-electron chi connectivity index (χ0n) is 13.0. The van der Waals surface area contributed by atoms with Gasteiger partial charge in [0, 0.05) is 23.1 Å². The number of fused-ring (bicyclic) bond motifs is 3. The van der Waals surface area contributed by atoms with Gasteiger partial charge in [-0.3, -0.25) is 0 Å². The van der Waals surface area contributed by atoms with E-state index in [-0.39, 0.29) is 0 Å². The van der Waals surface area contributed by atoms with Crippen LogP contribution in [0.2, 0.25) is 0 Å². The van der Waals surface area contributed by atoms with E-state index in [2.05, 4.69) is 22.1 Å². The Balaban J connectivity index is 1.90. The van der Waals surface area contributed by atoms with Crippen molar-refractivity contribution in [3.05, 3.63) is 59.9 Å². The lowest BCUT2D eigenvalue weighted by Gasteiger charge is -2.10. The van der Waals surface area contributed by atoms with E-state index in [1.54, 1.807) is 20.5 Å². The van der Waals surface area contributed by atoms with Gasteiger partial charge in [-0.2, -0.15) is 0 Å². The first-order valence-corrected chi connectivity index (χ1v) is 7.46. The predicted octanol–water partition coefficient (Wildman–Crippen LogP) is 3.73. The topological polar surface area (TPSA) is 44.2 Å². The summed E-state index contributed by atoms with van der Waals surface area (Å²) in [5, 5.41) is 0. The van der Waals surface area contributed by atoms with Crippen LogP contribution in [0, 0.1) is 0 Å². The second-order valence-corrected chi connectivity index (χ2v) is 5.46. The van der Waals surface area contributed by atoms with E-state index in [1.165, 1.54) is 5.56 Å². The number of ether oxygens (including phenoxy) is 2. The van der Waals surface area contributed by atoms with Crippen molar-refractivity contribution in [1.82, 2.24) is 9.97 Å². The maximum Gasteiger partial charge on any atom is 0.161 e. The van der Waals surface area contributed by atoms with E-state index < -0.39 is 0 Å². The van der Waals surface area contributed by atoms with Crippen molar-refractivity contribution in [2.75, 3.05) is 14.2 Å². The van der Waals surface area contributed by atoms with Gasteiger partial charge >= 0.3 is 0 Å². The van der Waals surface area contributed by atoms with E-state index in [1.807, 2.05) is 30.3 Å². The van der Waals surface area contributed by atoms with E-state index in [4.69, 9.17) is 9.47 Å². The molecule has 1 aromatic heterocycles. The second-order valence-electron chi connectivity index (χ2n) is 5.46. The van der Waals surface area contributed by atoms with Crippen molar-refractivity contribution in [2.45, 2.75) is 6.42 Å². The van der Waals surface area contributed by atoms with Crippen LogP contribution in [0.15, 0.2) is 48.8 Å². The van der Waals surface area contributed by atoms with E-state index in [9.17, 15) is 0 Å². The number of hydrogen-bond acceptors (Lipinski definition) is 4. The highest BCUT2D eigenvalue weighted by Crippen LogP contribution is 2.43. The number of hydrogen-bond donors (Lipinski definition) is 0. The maximum absolute atomic E-state index is 5.42. The zero-order valence-corrected chi connectivity index (χ0v) is 13.0. The molecule has 4 rings (SSSR count). The Labute approximate surface area is 134 Å². The molecular formula is C19H16N2O2. The molecule has 0 bridgehead atoms. The van der Waals surface area contributed by atoms with Crippen LogP contribution in [0.3, 0.4) is 0 Å².